The number of carbonyl (C=O) groups excluding carboxylic acids is 1. The van der Waals surface area contributed by atoms with Crippen molar-refractivity contribution in [2.45, 2.75) is 13.8 Å². The van der Waals surface area contributed by atoms with Crippen LogP contribution in [-0.4, -0.2) is 10.9 Å². The van der Waals surface area contributed by atoms with Crippen molar-refractivity contribution in [1.82, 2.24) is 4.98 Å². The minimum absolute atomic E-state index is 0.181. The second-order valence-corrected chi connectivity index (χ2v) is 3.73. The van der Waals surface area contributed by atoms with Gasteiger partial charge in [-0.1, -0.05) is 12.1 Å². The molecule has 2 rings (SSSR count). The van der Waals surface area contributed by atoms with Gasteiger partial charge in [0, 0.05) is 12.6 Å². The van der Waals surface area contributed by atoms with E-state index < -0.39 is 0 Å². The Kier molecular flexibility index (Phi) is 2.48. The molecule has 0 unspecified atom stereocenters. The fourth-order valence-electron chi connectivity index (χ4n) is 1.75. The van der Waals surface area contributed by atoms with E-state index in [0.29, 0.717) is 11.1 Å². The van der Waals surface area contributed by atoms with Gasteiger partial charge in [0.2, 0.25) is 5.91 Å². The van der Waals surface area contributed by atoms with Crippen molar-refractivity contribution in [3.05, 3.63) is 40.3 Å². The molecule has 0 radical (unpaired) electrons. The smallest absolute Gasteiger partial charge is 0.258 e. The summed E-state index contributed by atoms with van der Waals surface area (Å²) in [7, 11) is 0. The Morgan fingerprint density at radius 2 is 2.12 bits per heavy atom. The van der Waals surface area contributed by atoms with Crippen LogP contribution >= 0.6 is 0 Å². The van der Waals surface area contributed by atoms with Crippen molar-refractivity contribution in [3.63, 3.8) is 0 Å². The van der Waals surface area contributed by atoms with Crippen molar-refractivity contribution in [1.29, 1.82) is 0 Å². The minimum Gasteiger partial charge on any atom is -0.326 e. The van der Waals surface area contributed by atoms with Crippen LogP contribution in [0.25, 0.3) is 10.8 Å². The monoisotopic (exact) mass is 216 g/mol. The maximum atomic E-state index is 11.8. The van der Waals surface area contributed by atoms with Gasteiger partial charge in [-0.15, -0.1) is 0 Å². The lowest BCUT2D eigenvalue weighted by Crippen LogP contribution is -2.13. The second kappa shape index (κ2) is 3.81. The highest BCUT2D eigenvalue weighted by Crippen LogP contribution is 2.19. The molecule has 0 saturated carbocycles. The normalized spacial score (nSPS) is 10.4. The average Bonchev–Trinajstić information content (AvgIpc) is 2.15. The highest BCUT2D eigenvalue weighted by molar-refractivity contribution is 6.00. The highest BCUT2D eigenvalue weighted by atomic mass is 16.1. The first-order valence-electron chi connectivity index (χ1n) is 4.98. The Labute approximate surface area is 92.3 Å². The summed E-state index contributed by atoms with van der Waals surface area (Å²) in [5.74, 6) is -0.188. The summed E-state index contributed by atoms with van der Waals surface area (Å²) in [4.78, 5) is 25.5. The number of amides is 1. The van der Waals surface area contributed by atoms with E-state index in [1.807, 2.05) is 25.1 Å². The molecule has 1 amide bonds. The van der Waals surface area contributed by atoms with Gasteiger partial charge in [0.05, 0.1) is 11.1 Å². The zero-order valence-corrected chi connectivity index (χ0v) is 9.13. The van der Waals surface area contributed by atoms with Crippen molar-refractivity contribution < 1.29 is 4.79 Å². The standard InChI is InChI=1S/C12H12N2O2/c1-7-6-9-4-3-5-10(14-8(2)15)11(9)12(16)13-7/h3-6H,1-2H3,(H,13,16)(H,14,15). The molecule has 0 spiro atoms. The molecular weight excluding hydrogens is 204 g/mol. The number of fused-ring (bicyclic) bond motifs is 1. The fourth-order valence-corrected chi connectivity index (χ4v) is 1.75. The van der Waals surface area contributed by atoms with Crippen molar-refractivity contribution in [2.75, 3.05) is 5.32 Å². The Balaban J connectivity index is 2.76. The molecule has 0 fully saturated rings. The minimum atomic E-state index is -0.188. The van der Waals surface area contributed by atoms with Crippen molar-refractivity contribution in [3.8, 4) is 0 Å². The Hall–Kier alpha value is -2.10. The summed E-state index contributed by atoms with van der Waals surface area (Å²) in [6.07, 6.45) is 0. The van der Waals surface area contributed by atoms with E-state index in [9.17, 15) is 9.59 Å². The van der Waals surface area contributed by atoms with E-state index in [1.165, 1.54) is 6.92 Å². The molecule has 1 aromatic heterocycles. The number of aromatic amines is 1. The molecule has 2 aromatic rings. The van der Waals surface area contributed by atoms with Gasteiger partial charge < -0.3 is 10.3 Å². The number of hydrogen-bond acceptors (Lipinski definition) is 2. The van der Waals surface area contributed by atoms with Gasteiger partial charge in [0.1, 0.15) is 0 Å². The van der Waals surface area contributed by atoms with Gasteiger partial charge in [0.25, 0.3) is 5.56 Å². The third-order valence-corrected chi connectivity index (χ3v) is 2.32. The van der Waals surface area contributed by atoms with Crippen LogP contribution in [0.1, 0.15) is 12.6 Å². The Morgan fingerprint density at radius 3 is 2.81 bits per heavy atom. The number of anilines is 1. The first kappa shape index (κ1) is 10.4. The largest absolute Gasteiger partial charge is 0.326 e. The second-order valence-electron chi connectivity index (χ2n) is 3.73. The van der Waals surface area contributed by atoms with Crippen LogP contribution in [0, 0.1) is 6.92 Å². The van der Waals surface area contributed by atoms with Crippen molar-refractivity contribution in [2.24, 2.45) is 0 Å². The predicted molar refractivity (Wildman–Crippen MR) is 63.6 cm³/mol. The molecule has 2 N–H and O–H groups in total. The maximum absolute atomic E-state index is 11.8. The van der Waals surface area contributed by atoms with Gasteiger partial charge in [0.15, 0.2) is 0 Å². The third kappa shape index (κ3) is 1.82. The topological polar surface area (TPSA) is 62.0 Å². The Bertz CT molecular complexity index is 614. The molecule has 4 nitrogen and oxygen atoms in total. The molecule has 1 aromatic carbocycles. The number of rotatable bonds is 1. The molecule has 0 bridgehead atoms. The van der Waals surface area contributed by atoms with E-state index in [4.69, 9.17) is 0 Å². The van der Waals surface area contributed by atoms with E-state index in [2.05, 4.69) is 10.3 Å². The lowest BCUT2D eigenvalue weighted by molar-refractivity contribution is -0.114. The number of benzene rings is 1. The van der Waals surface area contributed by atoms with Crippen LogP contribution in [0.5, 0.6) is 0 Å². The third-order valence-electron chi connectivity index (χ3n) is 2.32. The van der Waals surface area contributed by atoms with Crippen LogP contribution in [0.3, 0.4) is 0 Å². The maximum Gasteiger partial charge on any atom is 0.258 e. The molecule has 0 aliphatic heterocycles. The van der Waals surface area contributed by atoms with E-state index in [0.717, 1.165) is 11.1 Å². The molecule has 0 atom stereocenters. The fraction of sp³-hybridized carbons (Fsp3) is 0.167. The first-order chi connectivity index (χ1) is 7.58. The number of aryl methyl sites for hydroxylation is 1. The van der Waals surface area contributed by atoms with Gasteiger partial charge >= 0.3 is 0 Å². The van der Waals surface area contributed by atoms with Gasteiger partial charge in [-0.25, -0.2) is 0 Å². The van der Waals surface area contributed by atoms with Crippen molar-refractivity contribution >= 4 is 22.4 Å². The lowest BCUT2D eigenvalue weighted by Gasteiger charge is -2.06. The molecule has 0 saturated heterocycles. The van der Waals surface area contributed by atoms with E-state index >= 15 is 0 Å². The number of aromatic nitrogens is 1. The molecule has 16 heavy (non-hydrogen) atoms. The van der Waals surface area contributed by atoms with Gasteiger partial charge in [-0.3, -0.25) is 9.59 Å². The van der Waals surface area contributed by atoms with Gasteiger partial charge in [-0.2, -0.15) is 0 Å². The summed E-state index contributed by atoms with van der Waals surface area (Å²) in [6.45, 7) is 3.24. The van der Waals surface area contributed by atoms with Crippen LogP contribution in [-0.2, 0) is 4.79 Å². The van der Waals surface area contributed by atoms with Gasteiger partial charge in [-0.05, 0) is 24.4 Å². The first-order valence-corrected chi connectivity index (χ1v) is 4.98. The number of nitrogens with one attached hydrogen (secondary N) is 2. The predicted octanol–water partition coefficient (Wildman–Crippen LogP) is 1.79. The lowest BCUT2D eigenvalue weighted by atomic mass is 10.1. The van der Waals surface area contributed by atoms with Crippen LogP contribution in [0.15, 0.2) is 29.1 Å². The Morgan fingerprint density at radius 1 is 1.38 bits per heavy atom. The summed E-state index contributed by atoms with van der Waals surface area (Å²) in [6, 6.07) is 7.26. The number of carbonyl (C=O) groups is 1. The summed E-state index contributed by atoms with van der Waals surface area (Å²) >= 11 is 0. The summed E-state index contributed by atoms with van der Waals surface area (Å²) < 4.78 is 0. The molecule has 82 valence electrons. The summed E-state index contributed by atoms with van der Waals surface area (Å²) in [5, 5.41) is 3.99. The quantitative estimate of drug-likeness (QED) is 0.763. The molecule has 0 aliphatic carbocycles. The van der Waals surface area contributed by atoms with E-state index in [1.54, 1.807) is 6.07 Å². The summed E-state index contributed by atoms with van der Waals surface area (Å²) in [5.41, 5.74) is 1.17. The number of hydrogen-bond donors (Lipinski definition) is 2. The number of pyridine rings is 1. The average molecular weight is 216 g/mol. The molecule has 0 aliphatic rings. The van der Waals surface area contributed by atoms with E-state index in [-0.39, 0.29) is 11.5 Å². The molecule has 1 heterocycles. The zero-order chi connectivity index (χ0) is 11.7. The van der Waals surface area contributed by atoms with Crippen LogP contribution < -0.4 is 10.9 Å². The van der Waals surface area contributed by atoms with Crippen LogP contribution in [0.2, 0.25) is 0 Å². The number of H-pyrrole nitrogens is 1. The van der Waals surface area contributed by atoms with Crippen LogP contribution in [0.4, 0.5) is 5.69 Å². The molecule has 4 heteroatoms. The zero-order valence-electron chi connectivity index (χ0n) is 9.13. The SMILES string of the molecule is CC(=O)Nc1cccc2cc(C)[nH]c(=O)c12. The molecular formula is C12H12N2O2. The highest BCUT2D eigenvalue weighted by Gasteiger charge is 2.06.